The van der Waals surface area contributed by atoms with E-state index in [9.17, 15) is 0 Å². The van der Waals surface area contributed by atoms with Crippen molar-refractivity contribution in [3.63, 3.8) is 0 Å². The molecule has 156 valence electrons. The fraction of sp³-hybridized carbons (Fsp3) is 0.519. The van der Waals surface area contributed by atoms with Crippen molar-refractivity contribution in [2.24, 2.45) is 5.92 Å². The summed E-state index contributed by atoms with van der Waals surface area (Å²) in [6.07, 6.45) is 14.3. The lowest BCUT2D eigenvalue weighted by Crippen LogP contribution is -2.28. The van der Waals surface area contributed by atoms with Gasteiger partial charge >= 0.3 is 0 Å². The quantitative estimate of drug-likeness (QED) is 0.521. The molecule has 0 aliphatic heterocycles. The minimum absolute atomic E-state index is 0.566. The summed E-state index contributed by atoms with van der Waals surface area (Å²) in [6.45, 7) is 20.8. The Morgan fingerprint density at radius 2 is 1.75 bits per heavy atom. The first kappa shape index (κ1) is 26.1. The Morgan fingerprint density at radius 3 is 2.29 bits per heavy atom. The summed E-state index contributed by atoms with van der Waals surface area (Å²) >= 11 is 0. The molecule has 1 aliphatic carbocycles. The second-order valence-corrected chi connectivity index (χ2v) is 6.82. The SMILES string of the molecule is C=CC1=C(C(C)C)C=C(CCc2ccc(=C/C)/c(=C\CC)n2)CC1.CC.CC. The first-order valence-corrected chi connectivity index (χ1v) is 11.3. The monoisotopic (exact) mass is 381 g/mol. The molecule has 1 heteroatoms. The fourth-order valence-electron chi connectivity index (χ4n) is 3.34. The van der Waals surface area contributed by atoms with Gasteiger partial charge in [-0.2, -0.15) is 0 Å². The number of aryl methyl sites for hydroxylation is 1. The highest BCUT2D eigenvalue weighted by atomic mass is 14.7. The molecule has 1 aliphatic rings. The van der Waals surface area contributed by atoms with Crippen molar-refractivity contribution in [2.75, 3.05) is 0 Å². The smallest absolute Gasteiger partial charge is 0.0662 e. The molecule has 1 aromatic heterocycles. The van der Waals surface area contributed by atoms with E-state index in [1.165, 1.54) is 22.1 Å². The molecule has 0 radical (unpaired) electrons. The van der Waals surface area contributed by atoms with Gasteiger partial charge in [0.25, 0.3) is 0 Å². The maximum Gasteiger partial charge on any atom is 0.0662 e. The van der Waals surface area contributed by atoms with Crippen LogP contribution >= 0.6 is 0 Å². The van der Waals surface area contributed by atoms with Gasteiger partial charge in [0.15, 0.2) is 0 Å². The minimum atomic E-state index is 0.566. The van der Waals surface area contributed by atoms with E-state index in [2.05, 4.69) is 64.6 Å². The van der Waals surface area contributed by atoms with Crippen LogP contribution in [0.2, 0.25) is 0 Å². The maximum atomic E-state index is 4.86. The van der Waals surface area contributed by atoms with E-state index in [0.717, 1.165) is 37.5 Å². The number of aromatic nitrogens is 1. The molecule has 1 nitrogen and oxygen atoms in total. The maximum absolute atomic E-state index is 4.86. The van der Waals surface area contributed by atoms with Crippen LogP contribution in [0.4, 0.5) is 0 Å². The molecular formula is C27H43N. The Morgan fingerprint density at radius 1 is 1.07 bits per heavy atom. The van der Waals surface area contributed by atoms with Crippen LogP contribution in [0, 0.1) is 5.92 Å². The van der Waals surface area contributed by atoms with Crippen molar-refractivity contribution in [3.8, 4) is 0 Å². The summed E-state index contributed by atoms with van der Waals surface area (Å²) in [5, 5.41) is 2.37. The topological polar surface area (TPSA) is 12.9 Å². The van der Waals surface area contributed by atoms with Gasteiger partial charge < -0.3 is 0 Å². The van der Waals surface area contributed by atoms with E-state index in [-0.39, 0.29) is 0 Å². The van der Waals surface area contributed by atoms with Gasteiger partial charge in [0.1, 0.15) is 0 Å². The zero-order chi connectivity index (χ0) is 21.5. The first-order chi connectivity index (χ1) is 13.6. The number of hydrogen-bond donors (Lipinski definition) is 0. The Labute approximate surface area is 174 Å². The summed E-state index contributed by atoms with van der Waals surface area (Å²) in [7, 11) is 0. The molecule has 0 aromatic carbocycles. The average Bonchev–Trinajstić information content (AvgIpc) is 2.75. The van der Waals surface area contributed by atoms with Crippen molar-refractivity contribution < 1.29 is 0 Å². The number of rotatable bonds is 6. The van der Waals surface area contributed by atoms with Crippen molar-refractivity contribution in [2.45, 2.75) is 87.5 Å². The summed E-state index contributed by atoms with van der Waals surface area (Å²) < 4.78 is 0. The Balaban J connectivity index is 0.00000171. The van der Waals surface area contributed by atoms with Gasteiger partial charge in [-0.25, -0.2) is 0 Å². The molecule has 0 fully saturated rings. The third kappa shape index (κ3) is 8.00. The van der Waals surface area contributed by atoms with Gasteiger partial charge in [-0.3, -0.25) is 4.98 Å². The highest BCUT2D eigenvalue weighted by Gasteiger charge is 2.14. The lowest BCUT2D eigenvalue weighted by atomic mass is 9.85. The standard InChI is InChI=1S/C23H31N.2C2H6/c1-6-9-23-20(8-3)13-15-21(24-23)14-11-18-10-12-19(7-2)22(16-18)17(4)5;2*1-2/h7-9,13,15-17H,2,6,10-12,14H2,1,3-5H3;2*1-2H3/b20-8-,23-9+;;. The van der Waals surface area contributed by atoms with Gasteiger partial charge in [0.2, 0.25) is 0 Å². The molecular weight excluding hydrogens is 338 g/mol. The first-order valence-electron chi connectivity index (χ1n) is 11.3. The van der Waals surface area contributed by atoms with Crippen LogP contribution < -0.4 is 10.6 Å². The molecule has 0 atom stereocenters. The van der Waals surface area contributed by atoms with Crippen molar-refractivity contribution in [1.29, 1.82) is 0 Å². The van der Waals surface area contributed by atoms with E-state index in [0.29, 0.717) is 5.92 Å². The van der Waals surface area contributed by atoms with Gasteiger partial charge in [0.05, 0.1) is 5.35 Å². The van der Waals surface area contributed by atoms with Crippen molar-refractivity contribution in [3.05, 3.63) is 63.8 Å². The Hall–Kier alpha value is -1.89. The molecule has 0 saturated carbocycles. The highest BCUT2D eigenvalue weighted by Crippen LogP contribution is 2.31. The van der Waals surface area contributed by atoms with Crippen LogP contribution in [-0.4, -0.2) is 4.98 Å². The highest BCUT2D eigenvalue weighted by molar-refractivity contribution is 5.39. The second kappa shape index (κ2) is 15.1. The van der Waals surface area contributed by atoms with Crippen molar-refractivity contribution >= 4 is 12.2 Å². The van der Waals surface area contributed by atoms with E-state index in [4.69, 9.17) is 4.98 Å². The third-order valence-electron chi connectivity index (χ3n) is 4.74. The summed E-state index contributed by atoms with van der Waals surface area (Å²) in [6, 6.07) is 4.38. The van der Waals surface area contributed by atoms with E-state index in [1.54, 1.807) is 5.57 Å². The molecule has 1 aromatic rings. The molecule has 0 spiro atoms. The molecule has 1 heterocycles. The zero-order valence-corrected chi connectivity index (χ0v) is 19.7. The van der Waals surface area contributed by atoms with Gasteiger partial charge in [-0.1, -0.05) is 91.0 Å². The van der Waals surface area contributed by atoms with E-state index in [1.807, 2.05) is 33.8 Å². The molecule has 0 saturated heterocycles. The average molecular weight is 382 g/mol. The van der Waals surface area contributed by atoms with E-state index >= 15 is 0 Å². The normalized spacial score (nSPS) is 14.8. The number of hydrogen-bond acceptors (Lipinski definition) is 1. The van der Waals surface area contributed by atoms with Gasteiger partial charge in [0, 0.05) is 5.69 Å². The van der Waals surface area contributed by atoms with Crippen LogP contribution in [0.1, 0.15) is 86.8 Å². The summed E-state index contributed by atoms with van der Waals surface area (Å²) in [4.78, 5) is 4.86. The van der Waals surface area contributed by atoms with Gasteiger partial charge in [-0.05, 0) is 67.4 Å². The van der Waals surface area contributed by atoms with Gasteiger partial charge in [-0.15, -0.1) is 0 Å². The van der Waals surface area contributed by atoms with E-state index < -0.39 is 0 Å². The predicted octanol–water partition coefficient (Wildman–Crippen LogP) is 6.92. The number of pyridine rings is 1. The molecule has 0 N–H and O–H groups in total. The lowest BCUT2D eigenvalue weighted by molar-refractivity contribution is 0.731. The van der Waals surface area contributed by atoms with Crippen LogP contribution in [0.15, 0.2) is 47.6 Å². The minimum Gasteiger partial charge on any atom is -0.253 e. The van der Waals surface area contributed by atoms with Crippen LogP contribution in [0.5, 0.6) is 0 Å². The Bertz CT molecular complexity index is 760. The largest absolute Gasteiger partial charge is 0.253 e. The second-order valence-electron chi connectivity index (χ2n) is 6.82. The predicted molar refractivity (Wildman–Crippen MR) is 129 cm³/mol. The third-order valence-corrected chi connectivity index (χ3v) is 4.74. The number of allylic oxidation sites excluding steroid dienone is 5. The molecule has 0 amide bonds. The molecule has 28 heavy (non-hydrogen) atoms. The Kier molecular flexibility index (Phi) is 14.1. The summed E-state index contributed by atoms with van der Waals surface area (Å²) in [5.74, 6) is 0.566. The molecule has 2 rings (SSSR count). The lowest BCUT2D eigenvalue weighted by Gasteiger charge is -2.21. The fourth-order valence-corrected chi connectivity index (χ4v) is 3.34. The summed E-state index contributed by atoms with van der Waals surface area (Å²) in [5.41, 5.74) is 5.65. The van der Waals surface area contributed by atoms with Crippen LogP contribution in [-0.2, 0) is 6.42 Å². The van der Waals surface area contributed by atoms with Crippen LogP contribution in [0.25, 0.3) is 12.2 Å². The molecule has 0 unspecified atom stereocenters. The van der Waals surface area contributed by atoms with Crippen LogP contribution in [0.3, 0.4) is 0 Å². The zero-order valence-electron chi connectivity index (χ0n) is 19.7. The molecule has 0 bridgehead atoms. The number of nitrogens with zero attached hydrogens (tertiary/aromatic N) is 1. The van der Waals surface area contributed by atoms with Crippen molar-refractivity contribution in [1.82, 2.24) is 4.98 Å².